The highest BCUT2D eigenvalue weighted by atomic mass is 32.2. The molecule has 0 N–H and O–H groups in total. The van der Waals surface area contributed by atoms with Crippen LogP contribution in [-0.4, -0.2) is 26.1 Å². The molecule has 1 saturated heterocycles. The van der Waals surface area contributed by atoms with Crippen LogP contribution in [0.4, 0.5) is 0 Å². The predicted molar refractivity (Wildman–Crippen MR) is 130 cm³/mol. The van der Waals surface area contributed by atoms with E-state index in [1.54, 1.807) is 0 Å². The van der Waals surface area contributed by atoms with E-state index >= 15 is 0 Å². The molecular weight excluding hydrogens is 416 g/mol. The molecule has 1 aliphatic heterocycles. The summed E-state index contributed by atoms with van der Waals surface area (Å²) in [6.45, 7) is 2.36. The number of rotatable bonds is 11. The molecular formula is C28H33O3S+. The van der Waals surface area contributed by atoms with Crippen LogP contribution in [0.25, 0.3) is 0 Å². The van der Waals surface area contributed by atoms with Gasteiger partial charge in [-0.2, -0.15) is 0 Å². The first-order chi connectivity index (χ1) is 15.9. The molecule has 0 spiro atoms. The van der Waals surface area contributed by atoms with Gasteiger partial charge in [0.25, 0.3) is 0 Å². The number of hydrogen-bond acceptors (Lipinski definition) is 3. The van der Waals surface area contributed by atoms with Crippen molar-refractivity contribution < 1.29 is 14.2 Å². The lowest BCUT2D eigenvalue weighted by molar-refractivity contribution is -0.162. The fourth-order valence-corrected chi connectivity index (χ4v) is 5.91. The highest BCUT2D eigenvalue weighted by molar-refractivity contribution is 7.97. The minimum atomic E-state index is -0.116. The van der Waals surface area contributed by atoms with Crippen molar-refractivity contribution in [1.29, 1.82) is 0 Å². The molecule has 1 aliphatic rings. The summed E-state index contributed by atoms with van der Waals surface area (Å²) in [5.74, 6) is 0.935. The van der Waals surface area contributed by atoms with Gasteiger partial charge in [-0.1, -0.05) is 36.4 Å². The summed E-state index contributed by atoms with van der Waals surface area (Å²) in [5.41, 5.74) is 0. The smallest absolute Gasteiger partial charge is 0.166 e. The quantitative estimate of drug-likeness (QED) is 0.236. The average Bonchev–Trinajstić information content (AvgIpc) is 2.86. The zero-order valence-electron chi connectivity index (χ0n) is 18.7. The van der Waals surface area contributed by atoms with Gasteiger partial charge < -0.3 is 14.2 Å². The van der Waals surface area contributed by atoms with E-state index in [4.69, 9.17) is 14.2 Å². The molecule has 3 nitrogen and oxygen atoms in total. The third-order valence-electron chi connectivity index (χ3n) is 5.52. The molecule has 3 aromatic carbocycles. The van der Waals surface area contributed by atoms with Crippen LogP contribution in [-0.2, 0) is 20.4 Å². The average molecular weight is 450 g/mol. The Bertz CT molecular complexity index is 853. The van der Waals surface area contributed by atoms with Gasteiger partial charge in [-0.15, -0.1) is 0 Å². The largest absolute Gasteiger partial charge is 0.494 e. The lowest BCUT2D eigenvalue weighted by atomic mass is 10.2. The Morgan fingerprint density at radius 2 is 1.31 bits per heavy atom. The van der Waals surface area contributed by atoms with Gasteiger partial charge in [0.15, 0.2) is 21.0 Å². The molecule has 0 saturated carbocycles. The Morgan fingerprint density at radius 1 is 0.688 bits per heavy atom. The van der Waals surface area contributed by atoms with Crippen molar-refractivity contribution >= 4 is 10.9 Å². The van der Waals surface area contributed by atoms with E-state index in [1.807, 2.05) is 0 Å². The molecule has 0 amide bonds. The van der Waals surface area contributed by atoms with Crippen LogP contribution in [0.15, 0.2) is 99.6 Å². The molecule has 4 rings (SSSR count). The van der Waals surface area contributed by atoms with Gasteiger partial charge in [0.1, 0.15) is 5.75 Å². The van der Waals surface area contributed by atoms with E-state index in [0.29, 0.717) is 0 Å². The van der Waals surface area contributed by atoms with Gasteiger partial charge >= 0.3 is 0 Å². The summed E-state index contributed by atoms with van der Waals surface area (Å²) < 4.78 is 17.4. The maximum Gasteiger partial charge on any atom is 0.166 e. The normalized spacial score (nSPS) is 16.2. The Balaban J connectivity index is 1.25. The van der Waals surface area contributed by atoms with Crippen LogP contribution in [0.5, 0.6) is 5.75 Å². The van der Waals surface area contributed by atoms with E-state index in [1.165, 1.54) is 21.1 Å². The van der Waals surface area contributed by atoms with Gasteiger partial charge in [-0.25, -0.2) is 0 Å². The molecule has 0 bridgehead atoms. The summed E-state index contributed by atoms with van der Waals surface area (Å²) in [4.78, 5) is 3.96. The molecule has 0 aromatic heterocycles. The van der Waals surface area contributed by atoms with Crippen LogP contribution >= 0.6 is 0 Å². The van der Waals surface area contributed by atoms with Crippen LogP contribution in [0.3, 0.4) is 0 Å². The topological polar surface area (TPSA) is 27.7 Å². The Morgan fingerprint density at radius 3 is 1.94 bits per heavy atom. The van der Waals surface area contributed by atoms with Crippen LogP contribution in [0, 0.1) is 0 Å². The number of unbranched alkanes of at least 4 members (excludes halogenated alkanes) is 2. The van der Waals surface area contributed by atoms with Gasteiger partial charge in [-0.05, 0) is 87.1 Å². The second-order valence-electron chi connectivity index (χ2n) is 7.98. The minimum Gasteiger partial charge on any atom is -0.494 e. The third-order valence-corrected chi connectivity index (χ3v) is 7.75. The predicted octanol–water partition coefficient (Wildman–Crippen LogP) is 6.87. The molecule has 0 aliphatic carbocycles. The van der Waals surface area contributed by atoms with Crippen LogP contribution in [0.1, 0.15) is 38.5 Å². The number of benzene rings is 3. The third kappa shape index (κ3) is 6.86. The van der Waals surface area contributed by atoms with Gasteiger partial charge in [0.05, 0.1) is 17.5 Å². The van der Waals surface area contributed by atoms with Gasteiger partial charge in [0, 0.05) is 13.2 Å². The standard InChI is InChI=1S/C28H33O3S/c1-4-12-25(13-5-1)32(26-14-6-2-7-15-26)27-19-17-24(18-20-27)29-21-9-3-10-22-30-28-16-8-11-23-31-28/h1-2,4-7,12-15,17-20,28H,3,8-11,16,21-23H2/q+1. The fourth-order valence-electron chi connectivity index (χ4n) is 3.82. The Labute approximate surface area is 195 Å². The Kier molecular flexibility index (Phi) is 9.08. The molecule has 0 radical (unpaired) electrons. The van der Waals surface area contributed by atoms with E-state index in [9.17, 15) is 0 Å². The maximum atomic E-state index is 5.99. The van der Waals surface area contributed by atoms with E-state index < -0.39 is 0 Å². The van der Waals surface area contributed by atoms with E-state index in [0.717, 1.165) is 57.7 Å². The lowest BCUT2D eigenvalue weighted by Crippen LogP contribution is -2.22. The first-order valence-corrected chi connectivity index (χ1v) is 12.9. The second-order valence-corrected chi connectivity index (χ2v) is 10.0. The molecule has 1 atom stereocenters. The van der Waals surface area contributed by atoms with Crippen molar-refractivity contribution in [2.75, 3.05) is 19.8 Å². The maximum absolute atomic E-state index is 5.99. The van der Waals surface area contributed by atoms with Crippen molar-refractivity contribution in [3.63, 3.8) is 0 Å². The summed E-state index contributed by atoms with van der Waals surface area (Å²) >= 11 is 0. The van der Waals surface area contributed by atoms with Crippen molar-refractivity contribution in [3.8, 4) is 5.75 Å². The highest BCUT2D eigenvalue weighted by Crippen LogP contribution is 2.31. The highest BCUT2D eigenvalue weighted by Gasteiger charge is 2.28. The SMILES string of the molecule is c1ccc([S+](c2ccccc2)c2ccc(OCCCCCOC3CCCCO3)cc2)cc1. The van der Waals surface area contributed by atoms with Gasteiger partial charge in [-0.3, -0.25) is 0 Å². The number of ether oxygens (including phenoxy) is 3. The van der Waals surface area contributed by atoms with Crippen molar-refractivity contribution in [2.24, 2.45) is 0 Å². The van der Waals surface area contributed by atoms with E-state index in [-0.39, 0.29) is 17.2 Å². The summed E-state index contributed by atoms with van der Waals surface area (Å²) in [5, 5.41) is 0. The molecule has 168 valence electrons. The molecule has 1 heterocycles. The first-order valence-electron chi connectivity index (χ1n) is 11.7. The van der Waals surface area contributed by atoms with Crippen LogP contribution in [0.2, 0.25) is 0 Å². The molecule has 32 heavy (non-hydrogen) atoms. The van der Waals surface area contributed by atoms with Crippen molar-refractivity contribution in [3.05, 3.63) is 84.9 Å². The summed E-state index contributed by atoms with van der Waals surface area (Å²) in [6, 6.07) is 30.1. The number of hydrogen-bond donors (Lipinski definition) is 0. The zero-order chi connectivity index (χ0) is 21.8. The molecule has 4 heteroatoms. The molecule has 1 fully saturated rings. The summed E-state index contributed by atoms with van der Waals surface area (Å²) in [6.07, 6.45) is 6.64. The molecule has 3 aromatic rings. The Hall–Kier alpha value is -2.27. The second kappa shape index (κ2) is 12.7. The fraction of sp³-hybridized carbons (Fsp3) is 0.357. The van der Waals surface area contributed by atoms with Crippen molar-refractivity contribution in [1.82, 2.24) is 0 Å². The van der Waals surface area contributed by atoms with E-state index in [2.05, 4.69) is 84.9 Å². The first kappa shape index (κ1) is 22.9. The van der Waals surface area contributed by atoms with Crippen LogP contribution < -0.4 is 4.74 Å². The van der Waals surface area contributed by atoms with Gasteiger partial charge in [0.2, 0.25) is 0 Å². The monoisotopic (exact) mass is 449 g/mol. The zero-order valence-corrected chi connectivity index (χ0v) is 19.5. The van der Waals surface area contributed by atoms with Crippen molar-refractivity contribution in [2.45, 2.75) is 59.5 Å². The summed E-state index contributed by atoms with van der Waals surface area (Å²) in [7, 11) is -0.116. The molecule has 1 unspecified atom stereocenters. The lowest BCUT2D eigenvalue weighted by Gasteiger charge is -2.22. The minimum absolute atomic E-state index is 0.0230.